The highest BCUT2D eigenvalue weighted by molar-refractivity contribution is 5.82. The Morgan fingerprint density at radius 1 is 1.18 bits per heavy atom. The molecule has 1 aromatic carbocycles. The molecule has 1 fully saturated rings. The summed E-state index contributed by atoms with van der Waals surface area (Å²) >= 11 is 0. The van der Waals surface area contributed by atoms with Crippen LogP contribution < -0.4 is 0 Å². The minimum Gasteiger partial charge on any atom is -0.453 e. The molecule has 0 saturated heterocycles. The van der Waals surface area contributed by atoms with Crippen molar-refractivity contribution >= 4 is 11.0 Å². The normalized spacial score (nSPS) is 17.4. The smallest absolute Gasteiger partial charge is 0.259 e. The highest BCUT2D eigenvalue weighted by atomic mass is 16.5. The van der Waals surface area contributed by atoms with E-state index in [0.717, 1.165) is 36.7 Å². The predicted octanol–water partition coefficient (Wildman–Crippen LogP) is 4.21. The van der Waals surface area contributed by atoms with Crippen LogP contribution in [0.25, 0.3) is 22.6 Å². The fourth-order valence-corrected chi connectivity index (χ4v) is 3.23. The monoisotopic (exact) mass is 298 g/mol. The number of aromatic nitrogens is 2. The van der Waals surface area contributed by atoms with Crippen LogP contribution in [-0.4, -0.2) is 17.3 Å². The molecule has 1 saturated carbocycles. The number of nitrogens with zero attached hydrogens (tertiary/aromatic N) is 2. The lowest BCUT2D eigenvalue weighted by molar-refractivity contribution is -0.0342. The molecule has 0 unspecified atom stereocenters. The highest BCUT2D eigenvalue weighted by Crippen LogP contribution is 2.41. The summed E-state index contributed by atoms with van der Waals surface area (Å²) in [6.07, 6.45) is 4.08. The molecule has 0 aliphatic heterocycles. The average Bonchev–Trinajstić information content (AvgIpc) is 3.25. The van der Waals surface area contributed by atoms with Crippen molar-refractivity contribution in [1.82, 2.24) is 10.1 Å². The number of benzene rings is 1. The van der Waals surface area contributed by atoms with Gasteiger partial charge in [0.15, 0.2) is 5.76 Å². The third-order valence-electron chi connectivity index (χ3n) is 4.51. The lowest BCUT2D eigenvalue weighted by atomic mass is 10.0. The zero-order valence-electron chi connectivity index (χ0n) is 12.8. The van der Waals surface area contributed by atoms with Crippen LogP contribution in [0.1, 0.15) is 37.1 Å². The maximum absolute atomic E-state index is 5.83. The van der Waals surface area contributed by atoms with Gasteiger partial charge in [-0.25, -0.2) is 0 Å². The van der Waals surface area contributed by atoms with Crippen LogP contribution in [0, 0.1) is 6.92 Å². The van der Waals surface area contributed by atoms with Gasteiger partial charge in [-0.15, -0.1) is 0 Å². The van der Waals surface area contributed by atoms with Gasteiger partial charge in [0.2, 0.25) is 5.82 Å². The minimum absolute atomic E-state index is 0.423. The molecule has 114 valence electrons. The second kappa shape index (κ2) is 4.95. The van der Waals surface area contributed by atoms with E-state index in [1.807, 2.05) is 18.2 Å². The Bertz CT molecular complexity index is 812. The molecule has 5 nitrogen and oxygen atoms in total. The van der Waals surface area contributed by atoms with Gasteiger partial charge in [0.1, 0.15) is 11.2 Å². The first-order valence-corrected chi connectivity index (χ1v) is 7.60. The number of ether oxygens (including phenoxy) is 1. The summed E-state index contributed by atoms with van der Waals surface area (Å²) in [5.74, 6) is 1.66. The maximum Gasteiger partial charge on any atom is 0.259 e. The summed E-state index contributed by atoms with van der Waals surface area (Å²) in [7, 11) is 1.71. The number of rotatable bonds is 3. The molecule has 1 aliphatic carbocycles. The maximum atomic E-state index is 5.83. The van der Waals surface area contributed by atoms with Crippen LogP contribution in [0.4, 0.5) is 0 Å². The molecule has 0 amide bonds. The molecular formula is C17H18N2O3. The van der Waals surface area contributed by atoms with Crippen LogP contribution in [-0.2, 0) is 10.3 Å². The van der Waals surface area contributed by atoms with E-state index in [0.29, 0.717) is 17.5 Å². The first-order chi connectivity index (χ1) is 10.7. The molecule has 3 aromatic rings. The molecular weight excluding hydrogens is 280 g/mol. The molecule has 1 aliphatic rings. The Balaban J connectivity index is 1.73. The minimum atomic E-state index is -0.423. The molecule has 2 heterocycles. The van der Waals surface area contributed by atoms with Crippen molar-refractivity contribution in [3.63, 3.8) is 0 Å². The van der Waals surface area contributed by atoms with E-state index in [2.05, 4.69) is 23.1 Å². The Morgan fingerprint density at radius 2 is 2.00 bits per heavy atom. The number of hydrogen-bond donors (Lipinski definition) is 0. The lowest BCUT2D eigenvalue weighted by Gasteiger charge is -2.21. The van der Waals surface area contributed by atoms with Crippen molar-refractivity contribution in [3.05, 3.63) is 35.7 Å². The van der Waals surface area contributed by atoms with Crippen molar-refractivity contribution in [2.45, 2.75) is 38.2 Å². The molecule has 22 heavy (non-hydrogen) atoms. The zero-order chi connectivity index (χ0) is 15.2. The van der Waals surface area contributed by atoms with E-state index < -0.39 is 5.60 Å². The van der Waals surface area contributed by atoms with Crippen molar-refractivity contribution in [2.75, 3.05) is 7.11 Å². The number of fused-ring (bicyclic) bond motifs is 1. The lowest BCUT2D eigenvalue weighted by Crippen LogP contribution is -2.24. The van der Waals surface area contributed by atoms with Crippen LogP contribution in [0.5, 0.6) is 0 Å². The number of methoxy groups -OCH3 is 1. The Morgan fingerprint density at radius 3 is 2.77 bits per heavy atom. The van der Waals surface area contributed by atoms with Gasteiger partial charge in [-0.05, 0) is 50.8 Å². The third-order valence-corrected chi connectivity index (χ3v) is 4.51. The SMILES string of the molecule is COC1(c2nc(-c3cc4cc(C)ccc4o3)no2)CCCC1. The van der Waals surface area contributed by atoms with Crippen LogP contribution in [0.3, 0.4) is 0 Å². The van der Waals surface area contributed by atoms with Crippen LogP contribution in [0.15, 0.2) is 33.2 Å². The summed E-state index contributed by atoms with van der Waals surface area (Å²) in [4.78, 5) is 4.53. The first kappa shape index (κ1) is 13.5. The highest BCUT2D eigenvalue weighted by Gasteiger charge is 2.41. The van der Waals surface area contributed by atoms with Gasteiger partial charge < -0.3 is 13.7 Å². The fraction of sp³-hybridized carbons (Fsp3) is 0.412. The Kier molecular flexibility index (Phi) is 3.04. The number of furan rings is 1. The molecule has 0 bridgehead atoms. The van der Waals surface area contributed by atoms with Crippen LogP contribution >= 0.6 is 0 Å². The molecule has 0 N–H and O–H groups in total. The van der Waals surface area contributed by atoms with E-state index in [1.54, 1.807) is 7.11 Å². The summed E-state index contributed by atoms with van der Waals surface area (Å²) in [6, 6.07) is 8.01. The average molecular weight is 298 g/mol. The summed E-state index contributed by atoms with van der Waals surface area (Å²) < 4.78 is 17.0. The summed E-state index contributed by atoms with van der Waals surface area (Å²) in [6.45, 7) is 2.06. The van der Waals surface area contributed by atoms with E-state index in [4.69, 9.17) is 13.7 Å². The van der Waals surface area contributed by atoms with Gasteiger partial charge in [0.05, 0.1) is 0 Å². The molecule has 0 radical (unpaired) electrons. The number of aryl methyl sites for hydroxylation is 1. The van der Waals surface area contributed by atoms with Gasteiger partial charge in [-0.1, -0.05) is 16.8 Å². The standard InChI is InChI=1S/C17H18N2O3/c1-11-5-6-13-12(9-11)10-14(21-13)15-18-16(22-19-15)17(20-2)7-3-4-8-17/h5-6,9-10H,3-4,7-8H2,1-2H3. The summed E-state index contributed by atoms with van der Waals surface area (Å²) in [5.41, 5.74) is 1.60. The molecule has 4 rings (SSSR count). The first-order valence-electron chi connectivity index (χ1n) is 7.60. The summed E-state index contributed by atoms with van der Waals surface area (Å²) in [5, 5.41) is 5.13. The van der Waals surface area contributed by atoms with E-state index in [9.17, 15) is 0 Å². The quantitative estimate of drug-likeness (QED) is 0.725. The largest absolute Gasteiger partial charge is 0.453 e. The Labute approximate surface area is 128 Å². The van der Waals surface area contributed by atoms with Gasteiger partial charge in [0, 0.05) is 12.5 Å². The van der Waals surface area contributed by atoms with Crippen molar-refractivity contribution in [1.29, 1.82) is 0 Å². The number of hydrogen-bond acceptors (Lipinski definition) is 5. The van der Waals surface area contributed by atoms with E-state index in [-0.39, 0.29) is 0 Å². The van der Waals surface area contributed by atoms with Gasteiger partial charge in [-0.2, -0.15) is 4.98 Å². The third kappa shape index (κ3) is 2.04. The van der Waals surface area contributed by atoms with Crippen molar-refractivity contribution in [3.8, 4) is 11.6 Å². The van der Waals surface area contributed by atoms with Crippen molar-refractivity contribution < 1.29 is 13.7 Å². The molecule has 0 atom stereocenters. The van der Waals surface area contributed by atoms with Crippen molar-refractivity contribution in [2.24, 2.45) is 0 Å². The molecule has 5 heteroatoms. The second-order valence-corrected chi connectivity index (χ2v) is 5.98. The topological polar surface area (TPSA) is 61.3 Å². The van der Waals surface area contributed by atoms with Gasteiger partial charge >= 0.3 is 0 Å². The van der Waals surface area contributed by atoms with E-state index >= 15 is 0 Å². The van der Waals surface area contributed by atoms with E-state index in [1.165, 1.54) is 5.56 Å². The van der Waals surface area contributed by atoms with Gasteiger partial charge in [-0.3, -0.25) is 0 Å². The molecule has 0 spiro atoms. The fourth-order valence-electron chi connectivity index (χ4n) is 3.23. The van der Waals surface area contributed by atoms with Crippen LogP contribution in [0.2, 0.25) is 0 Å². The predicted molar refractivity (Wildman–Crippen MR) is 81.4 cm³/mol. The zero-order valence-corrected chi connectivity index (χ0v) is 12.8. The molecule has 2 aromatic heterocycles. The Hall–Kier alpha value is -2.14. The second-order valence-electron chi connectivity index (χ2n) is 5.98. The van der Waals surface area contributed by atoms with Gasteiger partial charge in [0.25, 0.3) is 5.89 Å².